The molecule has 2 aliphatic carbocycles. The number of fused-ring (bicyclic) bond motifs is 2. The molecule has 0 radical (unpaired) electrons. The van der Waals surface area contributed by atoms with Gasteiger partial charge >= 0.3 is 0 Å². The highest BCUT2D eigenvalue weighted by Gasteiger charge is 2.35. The van der Waals surface area contributed by atoms with E-state index in [0.717, 1.165) is 11.8 Å². The van der Waals surface area contributed by atoms with Gasteiger partial charge in [0.2, 0.25) is 5.88 Å². The molecule has 3 rings (SSSR count). The van der Waals surface area contributed by atoms with Gasteiger partial charge in [0.25, 0.3) is 5.91 Å². The molecule has 2 saturated carbocycles. The van der Waals surface area contributed by atoms with Crippen LogP contribution in [0.5, 0.6) is 5.88 Å². The van der Waals surface area contributed by atoms with Crippen LogP contribution < -0.4 is 15.8 Å². The molecule has 2 bridgehead atoms. The Labute approximate surface area is 163 Å². The Hall–Kier alpha value is -1.56. The van der Waals surface area contributed by atoms with Gasteiger partial charge in [-0.05, 0) is 49.9 Å². The van der Waals surface area contributed by atoms with Crippen LogP contribution in [0.4, 0.5) is 0 Å². The van der Waals surface area contributed by atoms with Crippen LogP contribution in [0.1, 0.15) is 69.7 Å². The number of carbonyl (C=O) groups is 1. The Bertz CT molecular complexity index is 616. The van der Waals surface area contributed by atoms with Crippen molar-refractivity contribution >= 4 is 5.91 Å². The number of amides is 1. The van der Waals surface area contributed by atoms with Gasteiger partial charge in [-0.3, -0.25) is 4.79 Å². The predicted molar refractivity (Wildman–Crippen MR) is 107 cm³/mol. The van der Waals surface area contributed by atoms with Crippen LogP contribution in [0.3, 0.4) is 0 Å². The van der Waals surface area contributed by atoms with E-state index in [9.17, 15) is 4.79 Å². The number of nitrogens with one attached hydrogen (secondary N) is 1. The number of carbonyl (C=O) groups excluding carboxylic acids is 1. The van der Waals surface area contributed by atoms with Crippen LogP contribution in [0.15, 0.2) is 6.20 Å². The van der Waals surface area contributed by atoms with Crippen molar-refractivity contribution in [1.82, 2.24) is 15.1 Å². The van der Waals surface area contributed by atoms with E-state index in [1.807, 2.05) is 0 Å². The summed E-state index contributed by atoms with van der Waals surface area (Å²) in [4.78, 5) is 13.0. The summed E-state index contributed by atoms with van der Waals surface area (Å²) in [6.07, 6.45) is 9.64. The summed E-state index contributed by atoms with van der Waals surface area (Å²) in [6, 6.07) is 0.178. The minimum atomic E-state index is -0.0831. The molecular formula is C21H36N4O2. The molecule has 1 amide bonds. The third-order valence-corrected chi connectivity index (χ3v) is 6.16. The summed E-state index contributed by atoms with van der Waals surface area (Å²) >= 11 is 0. The molecule has 3 unspecified atom stereocenters. The number of aromatic nitrogens is 2. The van der Waals surface area contributed by atoms with Crippen LogP contribution in [-0.4, -0.2) is 34.9 Å². The van der Waals surface area contributed by atoms with Crippen molar-refractivity contribution in [3.05, 3.63) is 11.8 Å². The number of nitrogens with two attached hydrogens (primary N) is 1. The van der Waals surface area contributed by atoms with Gasteiger partial charge in [0.1, 0.15) is 5.56 Å². The average molecular weight is 377 g/mol. The Balaban J connectivity index is 1.66. The quantitative estimate of drug-likeness (QED) is 0.730. The van der Waals surface area contributed by atoms with E-state index >= 15 is 0 Å². The number of rotatable bonds is 8. The van der Waals surface area contributed by atoms with Crippen molar-refractivity contribution in [2.75, 3.05) is 13.2 Å². The summed E-state index contributed by atoms with van der Waals surface area (Å²) < 4.78 is 7.62. The van der Waals surface area contributed by atoms with E-state index in [1.54, 1.807) is 10.9 Å². The maximum Gasteiger partial charge on any atom is 0.258 e. The summed E-state index contributed by atoms with van der Waals surface area (Å²) in [5.41, 5.74) is 6.20. The molecule has 3 N–H and O–H groups in total. The topological polar surface area (TPSA) is 82.2 Å². The van der Waals surface area contributed by atoms with Gasteiger partial charge in [0.05, 0.1) is 19.3 Å². The molecule has 2 fully saturated rings. The summed E-state index contributed by atoms with van der Waals surface area (Å²) in [7, 11) is 0. The lowest BCUT2D eigenvalue weighted by Crippen LogP contribution is -2.42. The molecule has 3 atom stereocenters. The lowest BCUT2D eigenvalue weighted by Gasteiger charge is -2.41. The van der Waals surface area contributed by atoms with Crippen molar-refractivity contribution in [1.29, 1.82) is 0 Å². The molecular weight excluding hydrogens is 340 g/mol. The first-order valence-corrected chi connectivity index (χ1v) is 10.7. The molecule has 0 saturated heterocycles. The molecule has 152 valence electrons. The van der Waals surface area contributed by atoms with E-state index in [2.05, 4.69) is 31.2 Å². The fraction of sp³-hybridized carbons (Fsp3) is 0.810. The third-order valence-electron chi connectivity index (χ3n) is 6.16. The standard InChI is InChI=1S/C21H36N4O2/c1-14(2)13-27-21-19(12-23-25(21)8-7-22)20(26)24-15(3)18-10-16-5-4-6-17(9-16)11-18/h12,14-18H,4-11,13,22H2,1-3H3,(H,24,26). The SMILES string of the molecule is CC(C)COc1c(C(=O)NC(C)C2CC3CCCC(C3)C2)cnn1CCN. The highest BCUT2D eigenvalue weighted by atomic mass is 16.5. The zero-order chi connectivity index (χ0) is 19.4. The first-order valence-electron chi connectivity index (χ1n) is 10.7. The summed E-state index contributed by atoms with van der Waals surface area (Å²) in [5, 5.41) is 7.56. The number of hydrogen-bond acceptors (Lipinski definition) is 4. The molecule has 0 aromatic carbocycles. The Morgan fingerprint density at radius 2 is 2.00 bits per heavy atom. The number of hydrogen-bond donors (Lipinski definition) is 2. The second kappa shape index (κ2) is 9.09. The maximum absolute atomic E-state index is 13.0. The predicted octanol–water partition coefficient (Wildman–Crippen LogP) is 3.21. The first kappa shape index (κ1) is 20.2. The lowest BCUT2D eigenvalue weighted by atomic mass is 9.66. The summed E-state index contributed by atoms with van der Waals surface area (Å²) in [6.45, 7) is 7.89. The second-order valence-electron chi connectivity index (χ2n) is 8.97. The van der Waals surface area contributed by atoms with E-state index in [4.69, 9.17) is 10.5 Å². The van der Waals surface area contributed by atoms with Gasteiger partial charge in [-0.25, -0.2) is 4.68 Å². The van der Waals surface area contributed by atoms with E-state index in [0.29, 0.717) is 43.0 Å². The fourth-order valence-corrected chi connectivity index (χ4v) is 4.80. The Kier molecular flexibility index (Phi) is 6.79. The van der Waals surface area contributed by atoms with Gasteiger partial charge in [-0.2, -0.15) is 5.10 Å². The molecule has 0 aliphatic heterocycles. The summed E-state index contributed by atoms with van der Waals surface area (Å²) in [5.74, 6) is 3.14. The van der Waals surface area contributed by atoms with Gasteiger partial charge < -0.3 is 15.8 Å². The van der Waals surface area contributed by atoms with Gasteiger partial charge in [-0.1, -0.05) is 33.1 Å². The monoisotopic (exact) mass is 376 g/mol. The number of nitrogens with zero attached hydrogens (tertiary/aromatic N) is 2. The van der Waals surface area contributed by atoms with Crippen molar-refractivity contribution in [3.8, 4) is 5.88 Å². The van der Waals surface area contributed by atoms with Gasteiger partial charge in [-0.15, -0.1) is 0 Å². The van der Waals surface area contributed by atoms with Crippen LogP contribution in [0.25, 0.3) is 0 Å². The largest absolute Gasteiger partial charge is 0.477 e. The van der Waals surface area contributed by atoms with Crippen molar-refractivity contribution in [2.45, 2.75) is 71.9 Å². The van der Waals surface area contributed by atoms with E-state index < -0.39 is 0 Å². The van der Waals surface area contributed by atoms with Crippen LogP contribution >= 0.6 is 0 Å². The normalized spacial score (nSPS) is 26.0. The smallest absolute Gasteiger partial charge is 0.258 e. The van der Waals surface area contributed by atoms with Crippen LogP contribution in [0, 0.1) is 23.7 Å². The first-order chi connectivity index (χ1) is 13.0. The average Bonchev–Trinajstić information content (AvgIpc) is 3.02. The van der Waals surface area contributed by atoms with Crippen molar-refractivity contribution < 1.29 is 9.53 Å². The lowest BCUT2D eigenvalue weighted by molar-refractivity contribution is 0.0849. The van der Waals surface area contributed by atoms with Crippen molar-refractivity contribution in [3.63, 3.8) is 0 Å². The number of ether oxygens (including phenoxy) is 1. The van der Waals surface area contributed by atoms with Crippen LogP contribution in [-0.2, 0) is 6.54 Å². The Morgan fingerprint density at radius 3 is 2.63 bits per heavy atom. The van der Waals surface area contributed by atoms with E-state index in [1.165, 1.54) is 38.5 Å². The molecule has 1 aromatic heterocycles. The highest BCUT2D eigenvalue weighted by Crippen LogP contribution is 2.43. The maximum atomic E-state index is 13.0. The van der Waals surface area contributed by atoms with Crippen LogP contribution in [0.2, 0.25) is 0 Å². The molecule has 1 heterocycles. The molecule has 6 nitrogen and oxygen atoms in total. The molecule has 2 aliphatic rings. The molecule has 27 heavy (non-hydrogen) atoms. The van der Waals surface area contributed by atoms with Crippen molar-refractivity contribution in [2.24, 2.45) is 29.4 Å². The van der Waals surface area contributed by atoms with E-state index in [-0.39, 0.29) is 11.9 Å². The zero-order valence-corrected chi connectivity index (χ0v) is 17.1. The molecule has 6 heteroatoms. The fourth-order valence-electron chi connectivity index (χ4n) is 4.80. The highest BCUT2D eigenvalue weighted by molar-refractivity contribution is 5.96. The Morgan fingerprint density at radius 1 is 1.30 bits per heavy atom. The molecule has 1 aromatic rings. The van der Waals surface area contributed by atoms with Gasteiger partial charge in [0, 0.05) is 12.6 Å². The minimum absolute atomic E-state index is 0.0831. The zero-order valence-electron chi connectivity index (χ0n) is 17.1. The molecule has 0 spiro atoms. The van der Waals surface area contributed by atoms with Gasteiger partial charge in [0.15, 0.2) is 0 Å². The minimum Gasteiger partial charge on any atom is -0.477 e. The third kappa shape index (κ3) is 5.03. The second-order valence-corrected chi connectivity index (χ2v) is 8.97.